The number of nitrogens with one attached hydrogen (secondary N) is 2. The number of carbonyl (C=O) groups excluding carboxylic acids is 2. The van der Waals surface area contributed by atoms with E-state index in [4.69, 9.17) is 16.7 Å². The van der Waals surface area contributed by atoms with Crippen LogP contribution in [0.1, 0.15) is 21.1 Å². The highest BCUT2D eigenvalue weighted by Gasteiger charge is 2.21. The van der Waals surface area contributed by atoms with Crippen molar-refractivity contribution in [2.75, 3.05) is 82.0 Å². The van der Waals surface area contributed by atoms with Gasteiger partial charge < -0.3 is 30.4 Å². The van der Waals surface area contributed by atoms with Crippen molar-refractivity contribution in [1.29, 1.82) is 0 Å². The van der Waals surface area contributed by atoms with Crippen molar-refractivity contribution >= 4 is 57.3 Å². The van der Waals surface area contributed by atoms with Crippen LogP contribution in [0.15, 0.2) is 30.5 Å². The number of amides is 3. The molecule has 2 aromatic heterocycles. The fourth-order valence-electron chi connectivity index (χ4n) is 4.41. The minimum Gasteiger partial charge on any atom is -0.395 e. The second-order valence-electron chi connectivity index (χ2n) is 9.88. The Labute approximate surface area is 249 Å². The van der Waals surface area contributed by atoms with Gasteiger partial charge in [0.25, 0.3) is 5.91 Å². The minimum absolute atomic E-state index is 0.130. The molecular formula is C27H36ClN9O3S. The van der Waals surface area contributed by atoms with E-state index in [-0.39, 0.29) is 18.5 Å². The minimum atomic E-state index is -0.267. The molecule has 220 valence electrons. The second-order valence-corrected chi connectivity index (χ2v) is 11.3. The molecule has 2 aliphatic rings. The first-order valence-electron chi connectivity index (χ1n) is 13.3. The average Bonchev–Trinajstić information content (AvgIpc) is 3.53. The number of urea groups is 1. The number of para-hydroxylation sites is 1. The van der Waals surface area contributed by atoms with Gasteiger partial charge in [-0.05, 0) is 25.5 Å². The van der Waals surface area contributed by atoms with E-state index in [1.54, 1.807) is 15.9 Å². The van der Waals surface area contributed by atoms with Gasteiger partial charge in [0.1, 0.15) is 22.3 Å². The van der Waals surface area contributed by atoms with E-state index >= 15 is 0 Å². The van der Waals surface area contributed by atoms with Crippen molar-refractivity contribution in [3.8, 4) is 0 Å². The van der Waals surface area contributed by atoms with Crippen molar-refractivity contribution in [2.45, 2.75) is 13.8 Å². The molecule has 2 aliphatic heterocycles. The molecule has 3 N–H and O–H groups in total. The first kappa shape index (κ1) is 30.4. The number of anilines is 4. The Hall–Kier alpha value is -3.52. The molecule has 0 saturated carbocycles. The van der Waals surface area contributed by atoms with Gasteiger partial charge in [-0.3, -0.25) is 9.69 Å². The number of piperazine rings is 1. The van der Waals surface area contributed by atoms with E-state index in [1.807, 2.05) is 46.1 Å². The number of rotatable bonds is 7. The van der Waals surface area contributed by atoms with Gasteiger partial charge >= 0.3 is 6.03 Å². The topological polar surface area (TPSA) is 130 Å². The summed E-state index contributed by atoms with van der Waals surface area (Å²) in [4.78, 5) is 45.1. The average molecular weight is 602 g/mol. The number of hydrogen-bond donors (Lipinski definition) is 3. The third-order valence-electron chi connectivity index (χ3n) is 6.79. The number of aliphatic hydroxyl groups excluding tert-OH is 1. The van der Waals surface area contributed by atoms with Gasteiger partial charge in [0.2, 0.25) is 0 Å². The van der Waals surface area contributed by atoms with Crippen molar-refractivity contribution in [2.24, 2.45) is 0 Å². The number of nitrogens with zero attached hydrogens (tertiary/aromatic N) is 7. The summed E-state index contributed by atoms with van der Waals surface area (Å²) in [6, 6.07) is 7.50. The van der Waals surface area contributed by atoms with E-state index in [0.29, 0.717) is 38.9 Å². The predicted octanol–water partition coefficient (Wildman–Crippen LogP) is 3.30. The molecule has 3 amide bonds. The standard InChI is InChI=1S/C22H26ClN7O2S.C5H10N2O/c1-14-4-3-5-16(23)20(14)28-21(32)17-13-24-22(33-17)27-18-12-19(26-15(2)25-18)30-8-6-29(7-9-30)10-11-31;1-6-3-4-7(2)5(6)8/h3-5,12-13,31H,6-11H2,1-2H3,(H,28,32)(H,24,25,26,27);3-4H2,1-2H3. The highest BCUT2D eigenvalue weighted by atomic mass is 35.5. The molecule has 12 nitrogen and oxygen atoms in total. The van der Waals surface area contributed by atoms with Gasteiger partial charge in [-0.2, -0.15) is 0 Å². The quantitative estimate of drug-likeness (QED) is 0.373. The first-order valence-corrected chi connectivity index (χ1v) is 14.5. The number of hydrogen-bond acceptors (Lipinski definition) is 10. The maximum absolute atomic E-state index is 12.7. The number of benzene rings is 1. The van der Waals surface area contributed by atoms with E-state index < -0.39 is 0 Å². The summed E-state index contributed by atoms with van der Waals surface area (Å²) in [5.41, 5.74) is 1.49. The third kappa shape index (κ3) is 8.03. The van der Waals surface area contributed by atoms with Crippen molar-refractivity contribution in [1.82, 2.24) is 29.7 Å². The fraction of sp³-hybridized carbons (Fsp3) is 0.444. The Morgan fingerprint density at radius 2 is 1.78 bits per heavy atom. The van der Waals surface area contributed by atoms with Crippen LogP contribution in [0, 0.1) is 13.8 Å². The molecule has 41 heavy (non-hydrogen) atoms. The summed E-state index contributed by atoms with van der Waals surface area (Å²) in [5.74, 6) is 1.85. The molecular weight excluding hydrogens is 566 g/mol. The number of carbonyl (C=O) groups is 2. The molecule has 1 aromatic carbocycles. The lowest BCUT2D eigenvalue weighted by atomic mass is 10.2. The third-order valence-corrected chi connectivity index (χ3v) is 8.01. The normalized spacial score (nSPS) is 15.6. The lowest BCUT2D eigenvalue weighted by Gasteiger charge is -2.35. The zero-order chi connectivity index (χ0) is 29.5. The number of aromatic nitrogens is 3. The van der Waals surface area contributed by atoms with Crippen LogP contribution in [-0.4, -0.2) is 113 Å². The number of thiazole rings is 1. The van der Waals surface area contributed by atoms with Crippen molar-refractivity contribution in [3.05, 3.63) is 51.7 Å². The molecule has 2 fully saturated rings. The van der Waals surface area contributed by atoms with Crippen molar-refractivity contribution in [3.63, 3.8) is 0 Å². The second kappa shape index (κ2) is 13.9. The lowest BCUT2D eigenvalue weighted by molar-refractivity contribution is 0.103. The molecule has 0 spiro atoms. The Balaban J connectivity index is 0.000000417. The zero-order valence-electron chi connectivity index (χ0n) is 23.7. The molecule has 4 heterocycles. The van der Waals surface area contributed by atoms with Crippen LogP contribution >= 0.6 is 22.9 Å². The Bertz CT molecular complexity index is 1330. The van der Waals surface area contributed by atoms with E-state index in [9.17, 15) is 9.59 Å². The highest BCUT2D eigenvalue weighted by Crippen LogP contribution is 2.28. The largest absolute Gasteiger partial charge is 0.395 e. The summed E-state index contributed by atoms with van der Waals surface area (Å²) >= 11 is 7.46. The number of β-amino-alcohol motifs (C(OH)–C–C–N with tert-alkyl or cyclic N) is 1. The molecule has 0 aliphatic carbocycles. The number of likely N-dealkylation sites (N-methyl/N-ethyl adjacent to an activating group) is 2. The van der Waals surface area contributed by atoms with Crippen LogP contribution in [-0.2, 0) is 0 Å². The summed E-state index contributed by atoms with van der Waals surface area (Å²) in [6.45, 7) is 9.77. The summed E-state index contributed by atoms with van der Waals surface area (Å²) in [6.07, 6.45) is 1.53. The van der Waals surface area contributed by atoms with E-state index in [1.165, 1.54) is 17.5 Å². The predicted molar refractivity (Wildman–Crippen MR) is 163 cm³/mol. The molecule has 0 unspecified atom stereocenters. The van der Waals surface area contributed by atoms with Crippen LogP contribution in [0.25, 0.3) is 0 Å². The van der Waals surface area contributed by atoms with Crippen LogP contribution in [0.4, 0.5) is 27.2 Å². The van der Waals surface area contributed by atoms with Gasteiger partial charge in [-0.25, -0.2) is 19.7 Å². The monoisotopic (exact) mass is 601 g/mol. The summed E-state index contributed by atoms with van der Waals surface area (Å²) < 4.78 is 0. The lowest BCUT2D eigenvalue weighted by Crippen LogP contribution is -2.47. The molecule has 0 radical (unpaired) electrons. The van der Waals surface area contributed by atoms with Gasteiger partial charge in [-0.1, -0.05) is 35.1 Å². The van der Waals surface area contributed by atoms with Gasteiger partial charge in [0, 0.05) is 66.0 Å². The SMILES string of the molecule is CN1CCN(C)C1=O.Cc1nc(Nc2ncc(C(=O)Nc3c(C)cccc3Cl)s2)cc(N2CCN(CCO)CC2)n1. The van der Waals surface area contributed by atoms with Crippen LogP contribution < -0.4 is 15.5 Å². The molecule has 0 atom stereocenters. The molecule has 3 aromatic rings. The van der Waals surface area contributed by atoms with Crippen LogP contribution in [0.5, 0.6) is 0 Å². The summed E-state index contributed by atoms with van der Waals surface area (Å²) in [7, 11) is 3.62. The van der Waals surface area contributed by atoms with Crippen LogP contribution in [0.3, 0.4) is 0 Å². The Morgan fingerprint density at radius 1 is 1.07 bits per heavy atom. The van der Waals surface area contributed by atoms with Gasteiger partial charge in [0.15, 0.2) is 5.13 Å². The smallest absolute Gasteiger partial charge is 0.319 e. The van der Waals surface area contributed by atoms with Crippen molar-refractivity contribution < 1.29 is 14.7 Å². The highest BCUT2D eigenvalue weighted by molar-refractivity contribution is 7.17. The molecule has 14 heteroatoms. The van der Waals surface area contributed by atoms with Gasteiger partial charge in [0.05, 0.1) is 23.5 Å². The summed E-state index contributed by atoms with van der Waals surface area (Å²) in [5, 5.41) is 16.2. The molecule has 2 saturated heterocycles. The van der Waals surface area contributed by atoms with E-state index in [2.05, 4.69) is 35.4 Å². The number of aliphatic hydroxyl groups is 1. The van der Waals surface area contributed by atoms with E-state index in [0.717, 1.165) is 50.6 Å². The van der Waals surface area contributed by atoms with Gasteiger partial charge in [-0.15, -0.1) is 0 Å². The molecule has 0 bridgehead atoms. The van der Waals surface area contributed by atoms with Crippen LogP contribution in [0.2, 0.25) is 5.02 Å². The maximum atomic E-state index is 12.7. The molecule has 5 rings (SSSR count). The number of halogens is 1. The fourth-order valence-corrected chi connectivity index (χ4v) is 5.40. The Kier molecular flexibility index (Phi) is 10.3. The number of aryl methyl sites for hydroxylation is 2. The zero-order valence-corrected chi connectivity index (χ0v) is 25.3. The Morgan fingerprint density at radius 3 is 2.39 bits per heavy atom. The maximum Gasteiger partial charge on any atom is 0.319 e. The first-order chi connectivity index (χ1) is 19.6.